The minimum atomic E-state index is -0.532. The van der Waals surface area contributed by atoms with Gasteiger partial charge in [0.2, 0.25) is 11.7 Å². The maximum absolute atomic E-state index is 12.7. The number of nitrogens with one attached hydrogen (secondary N) is 1. The number of nitrogens with zero attached hydrogens (tertiary/aromatic N) is 1. The Hall–Kier alpha value is -4.99. The van der Waals surface area contributed by atoms with E-state index in [0.717, 1.165) is 5.56 Å². The van der Waals surface area contributed by atoms with E-state index in [2.05, 4.69) is 5.32 Å². The first-order chi connectivity index (χ1) is 18.3. The Bertz CT molecular complexity index is 1360. The molecule has 1 N–H and O–H groups in total. The molecule has 0 radical (unpaired) electrons. The number of benzene rings is 3. The first kappa shape index (κ1) is 27.6. The van der Waals surface area contributed by atoms with Crippen molar-refractivity contribution in [1.29, 1.82) is 0 Å². The molecule has 38 heavy (non-hydrogen) atoms. The average molecular weight is 521 g/mol. The van der Waals surface area contributed by atoms with Gasteiger partial charge in [-0.15, -0.1) is 0 Å². The Kier molecular flexibility index (Phi) is 9.31. The number of hydrogen-bond donors (Lipinski definition) is 1. The van der Waals surface area contributed by atoms with Crippen LogP contribution in [0.5, 0.6) is 28.7 Å². The van der Waals surface area contributed by atoms with E-state index < -0.39 is 10.8 Å². The zero-order valence-electron chi connectivity index (χ0n) is 21.6. The zero-order valence-corrected chi connectivity index (χ0v) is 21.6. The Balaban J connectivity index is 1.86. The number of hydrogen-bond acceptors (Lipinski definition) is 8. The smallest absolute Gasteiger partial charge is 0.310 e. The van der Waals surface area contributed by atoms with Gasteiger partial charge in [-0.05, 0) is 59.7 Å². The summed E-state index contributed by atoms with van der Waals surface area (Å²) in [5.74, 6) is 1.83. The lowest BCUT2D eigenvalue weighted by molar-refractivity contribution is -0.385. The molecule has 0 unspecified atom stereocenters. The molecule has 0 aliphatic rings. The fraction of sp³-hybridized carbons (Fsp3) is 0.179. The van der Waals surface area contributed by atoms with Gasteiger partial charge in [-0.25, -0.2) is 0 Å². The normalized spacial score (nSPS) is 10.9. The van der Waals surface area contributed by atoms with Gasteiger partial charge >= 0.3 is 5.69 Å². The molecule has 0 spiro atoms. The number of nitro benzene ring substituents is 1. The second-order valence-corrected chi connectivity index (χ2v) is 7.76. The zero-order chi connectivity index (χ0) is 27.7. The fourth-order valence-electron chi connectivity index (χ4n) is 3.60. The summed E-state index contributed by atoms with van der Waals surface area (Å²) in [6.45, 7) is 0. The standard InChI is InChI=1S/C28H28N2O8/c1-34-21-10-11-22(29-27(31)13-8-18-7-12-23(30(32)33)24(14-18)35-2)20(17-21)9-6-19-15-25(36-3)28(38-5)26(16-19)37-4/h6-17H,1-5H3,(H,29,31)/b9-6?,13-8+. The van der Waals surface area contributed by atoms with Crippen molar-refractivity contribution in [2.45, 2.75) is 0 Å². The molecule has 1 amide bonds. The molecule has 3 aromatic carbocycles. The van der Waals surface area contributed by atoms with E-state index in [0.29, 0.717) is 39.8 Å². The molecule has 0 aliphatic carbocycles. The van der Waals surface area contributed by atoms with Crippen molar-refractivity contribution in [1.82, 2.24) is 0 Å². The largest absolute Gasteiger partial charge is 0.497 e. The number of methoxy groups -OCH3 is 5. The summed E-state index contributed by atoms with van der Waals surface area (Å²) in [6, 6.07) is 13.2. The molecule has 0 saturated heterocycles. The van der Waals surface area contributed by atoms with Gasteiger partial charge in [-0.2, -0.15) is 0 Å². The molecule has 0 fully saturated rings. The Morgan fingerprint density at radius 3 is 2.00 bits per heavy atom. The van der Waals surface area contributed by atoms with E-state index in [4.69, 9.17) is 23.7 Å². The van der Waals surface area contributed by atoms with Gasteiger partial charge in [0.05, 0.1) is 40.5 Å². The van der Waals surface area contributed by atoms with E-state index in [9.17, 15) is 14.9 Å². The molecule has 0 heterocycles. The van der Waals surface area contributed by atoms with Crippen LogP contribution in [-0.4, -0.2) is 46.4 Å². The van der Waals surface area contributed by atoms with Gasteiger partial charge in [0.1, 0.15) is 5.75 Å². The molecule has 10 heteroatoms. The van der Waals surface area contributed by atoms with Gasteiger partial charge in [0.25, 0.3) is 0 Å². The van der Waals surface area contributed by atoms with Gasteiger partial charge in [-0.1, -0.05) is 12.2 Å². The second kappa shape index (κ2) is 12.8. The number of carbonyl (C=O) groups is 1. The molecule has 0 atom stereocenters. The maximum atomic E-state index is 12.7. The summed E-state index contributed by atoms with van der Waals surface area (Å²) in [4.78, 5) is 23.2. The van der Waals surface area contributed by atoms with E-state index in [1.807, 2.05) is 12.2 Å². The van der Waals surface area contributed by atoms with Crippen molar-refractivity contribution in [3.63, 3.8) is 0 Å². The Labute approximate surface area is 220 Å². The Morgan fingerprint density at radius 2 is 1.42 bits per heavy atom. The first-order valence-corrected chi connectivity index (χ1v) is 11.3. The second-order valence-electron chi connectivity index (χ2n) is 7.76. The van der Waals surface area contributed by atoms with Crippen LogP contribution in [0.2, 0.25) is 0 Å². The van der Waals surface area contributed by atoms with Crippen LogP contribution in [0.3, 0.4) is 0 Å². The van der Waals surface area contributed by atoms with Crippen LogP contribution in [0.4, 0.5) is 11.4 Å². The predicted octanol–water partition coefficient (Wildman–Crippen LogP) is 5.46. The maximum Gasteiger partial charge on any atom is 0.310 e. The number of nitro groups is 1. The van der Waals surface area contributed by atoms with Crippen molar-refractivity contribution in [2.75, 3.05) is 40.9 Å². The minimum Gasteiger partial charge on any atom is -0.497 e. The molecule has 0 aliphatic heterocycles. The summed E-state index contributed by atoms with van der Waals surface area (Å²) in [7, 11) is 7.52. The molecular formula is C28H28N2O8. The molecule has 3 rings (SSSR count). The summed E-state index contributed by atoms with van der Waals surface area (Å²) in [6.07, 6.45) is 6.53. The lowest BCUT2D eigenvalue weighted by Crippen LogP contribution is -2.09. The highest BCUT2D eigenvalue weighted by molar-refractivity contribution is 6.03. The minimum absolute atomic E-state index is 0.104. The molecule has 0 saturated carbocycles. The molecule has 10 nitrogen and oxygen atoms in total. The fourth-order valence-corrected chi connectivity index (χ4v) is 3.60. The molecule has 3 aromatic rings. The van der Waals surface area contributed by atoms with Gasteiger partial charge in [-0.3, -0.25) is 14.9 Å². The number of rotatable bonds is 11. The molecule has 0 aromatic heterocycles. The molecule has 0 bridgehead atoms. The quantitative estimate of drug-likeness (QED) is 0.153. The van der Waals surface area contributed by atoms with Gasteiger partial charge in [0.15, 0.2) is 17.2 Å². The third kappa shape index (κ3) is 6.61. The van der Waals surface area contributed by atoms with E-state index >= 15 is 0 Å². The lowest BCUT2D eigenvalue weighted by Gasteiger charge is -2.13. The number of amides is 1. The van der Waals surface area contributed by atoms with E-state index in [1.165, 1.54) is 44.6 Å². The van der Waals surface area contributed by atoms with E-state index in [1.54, 1.807) is 51.7 Å². The Morgan fingerprint density at radius 1 is 0.763 bits per heavy atom. The summed E-state index contributed by atoms with van der Waals surface area (Å²) in [5, 5.41) is 13.9. The highest BCUT2D eigenvalue weighted by atomic mass is 16.6. The van der Waals surface area contributed by atoms with Crippen molar-refractivity contribution >= 4 is 35.5 Å². The van der Waals surface area contributed by atoms with Crippen LogP contribution >= 0.6 is 0 Å². The third-order valence-electron chi connectivity index (χ3n) is 5.49. The number of carbonyl (C=O) groups excluding carboxylic acids is 1. The van der Waals surface area contributed by atoms with Crippen LogP contribution in [-0.2, 0) is 4.79 Å². The molecular weight excluding hydrogens is 492 g/mol. The number of ether oxygens (including phenoxy) is 5. The van der Waals surface area contributed by atoms with Crippen LogP contribution in [0, 0.1) is 10.1 Å². The number of anilines is 1. The third-order valence-corrected chi connectivity index (χ3v) is 5.49. The topological polar surface area (TPSA) is 118 Å². The summed E-state index contributed by atoms with van der Waals surface area (Å²) >= 11 is 0. The monoisotopic (exact) mass is 520 g/mol. The predicted molar refractivity (Wildman–Crippen MR) is 145 cm³/mol. The molecule has 198 valence electrons. The average Bonchev–Trinajstić information content (AvgIpc) is 2.94. The summed E-state index contributed by atoms with van der Waals surface area (Å²) in [5.41, 5.74) is 2.43. The van der Waals surface area contributed by atoms with Crippen molar-refractivity contribution in [2.24, 2.45) is 0 Å². The summed E-state index contributed by atoms with van der Waals surface area (Å²) < 4.78 is 26.6. The van der Waals surface area contributed by atoms with Crippen LogP contribution in [0.1, 0.15) is 16.7 Å². The lowest BCUT2D eigenvalue weighted by atomic mass is 10.1. The highest BCUT2D eigenvalue weighted by Crippen LogP contribution is 2.39. The van der Waals surface area contributed by atoms with Gasteiger partial charge in [0, 0.05) is 23.4 Å². The van der Waals surface area contributed by atoms with Crippen LogP contribution in [0.25, 0.3) is 18.2 Å². The van der Waals surface area contributed by atoms with Gasteiger partial charge < -0.3 is 29.0 Å². The SMILES string of the molecule is COc1ccc(NC(=O)/C=C/c2ccc([N+](=O)[O-])c(OC)c2)c(C=Cc2cc(OC)c(OC)c(OC)c2)c1. The van der Waals surface area contributed by atoms with Crippen LogP contribution in [0.15, 0.2) is 54.6 Å². The van der Waals surface area contributed by atoms with Crippen LogP contribution < -0.4 is 29.0 Å². The first-order valence-electron chi connectivity index (χ1n) is 11.3. The van der Waals surface area contributed by atoms with E-state index in [-0.39, 0.29) is 11.4 Å². The van der Waals surface area contributed by atoms with Crippen molar-refractivity contribution < 1.29 is 33.4 Å². The van der Waals surface area contributed by atoms with Crippen molar-refractivity contribution in [3.05, 3.63) is 81.4 Å². The highest BCUT2D eigenvalue weighted by Gasteiger charge is 2.14. The van der Waals surface area contributed by atoms with Crippen molar-refractivity contribution in [3.8, 4) is 28.7 Å².